The molecule has 1 saturated heterocycles. The van der Waals surface area contributed by atoms with Gasteiger partial charge in [-0.2, -0.15) is 0 Å². The molecule has 0 radical (unpaired) electrons. The third-order valence-corrected chi connectivity index (χ3v) is 7.47. The van der Waals surface area contributed by atoms with Crippen molar-refractivity contribution in [2.24, 2.45) is 0 Å². The van der Waals surface area contributed by atoms with E-state index in [1.165, 1.54) is 18.4 Å². The topological polar surface area (TPSA) is 71.0 Å². The number of hydrogen-bond acceptors (Lipinski definition) is 6. The predicted molar refractivity (Wildman–Crippen MR) is 141 cm³/mol. The Morgan fingerprint density at radius 2 is 1.71 bits per heavy atom. The van der Waals surface area contributed by atoms with Crippen LogP contribution in [0.25, 0.3) is 0 Å². The molecule has 2 N–H and O–H groups in total. The number of unbranched alkanes of at least 4 members (excludes halogenated alkanes) is 4. The number of nitrogens with one attached hydrogen (secondary N) is 1. The van der Waals surface area contributed by atoms with E-state index < -0.39 is 6.23 Å². The molecule has 0 bridgehead atoms. The van der Waals surface area contributed by atoms with Gasteiger partial charge in [0.25, 0.3) is 0 Å². The summed E-state index contributed by atoms with van der Waals surface area (Å²) in [6.45, 7) is 8.78. The molecule has 1 aromatic carbocycles. The number of benzene rings is 1. The molecule has 2 aliphatic heterocycles. The Hall–Kier alpha value is -1.63. The fourth-order valence-electron chi connectivity index (χ4n) is 5.43. The van der Waals surface area contributed by atoms with Crippen LogP contribution in [0.2, 0.25) is 0 Å². The molecule has 1 aromatic rings. The van der Waals surface area contributed by atoms with E-state index in [2.05, 4.69) is 36.2 Å². The molecule has 0 spiro atoms. The number of aliphatic hydroxyl groups is 1. The van der Waals surface area contributed by atoms with Gasteiger partial charge in [0.2, 0.25) is 0 Å². The van der Waals surface area contributed by atoms with Crippen LogP contribution in [-0.4, -0.2) is 60.9 Å². The van der Waals surface area contributed by atoms with Crippen LogP contribution >= 0.6 is 0 Å². The first-order valence-electron chi connectivity index (χ1n) is 14.2. The maximum atomic E-state index is 11.8. The van der Waals surface area contributed by atoms with Gasteiger partial charge in [-0.15, -0.1) is 0 Å². The molecule has 6 nitrogen and oxygen atoms in total. The van der Waals surface area contributed by atoms with Gasteiger partial charge in [0, 0.05) is 31.3 Å². The number of likely N-dealkylation sites (tertiary alicyclic amines) is 1. The minimum atomic E-state index is -0.514. The maximum Gasteiger partial charge on any atom is 0.161 e. The molecule has 0 aliphatic carbocycles. The monoisotopic (exact) mass is 488 g/mol. The Bertz CT molecular complexity index is 750. The lowest BCUT2D eigenvalue weighted by Crippen LogP contribution is -2.48. The van der Waals surface area contributed by atoms with Gasteiger partial charge in [-0.05, 0) is 75.7 Å². The maximum absolute atomic E-state index is 11.8. The zero-order valence-corrected chi connectivity index (χ0v) is 22.1. The molecule has 3 rings (SSSR count). The second kappa shape index (κ2) is 15.5. The highest BCUT2D eigenvalue weighted by atomic mass is 16.6. The number of nitrogens with zero attached hydrogens (tertiary/aromatic N) is 1. The largest absolute Gasteiger partial charge is 0.486 e. The smallest absolute Gasteiger partial charge is 0.161 e. The van der Waals surface area contributed by atoms with E-state index in [1.54, 1.807) is 0 Å². The number of carbonyl (C=O) groups is 1. The fourth-order valence-corrected chi connectivity index (χ4v) is 5.43. The molecular formula is C29H48N2O4. The Morgan fingerprint density at radius 3 is 2.46 bits per heavy atom. The Labute approximate surface area is 212 Å². The van der Waals surface area contributed by atoms with E-state index in [-0.39, 0.29) is 12.0 Å². The van der Waals surface area contributed by atoms with Gasteiger partial charge in [-0.3, -0.25) is 10.1 Å². The van der Waals surface area contributed by atoms with Gasteiger partial charge in [0.05, 0.1) is 0 Å². The summed E-state index contributed by atoms with van der Waals surface area (Å²) >= 11 is 0. The summed E-state index contributed by atoms with van der Waals surface area (Å²) < 4.78 is 11.6. The minimum Gasteiger partial charge on any atom is -0.486 e. The van der Waals surface area contributed by atoms with E-state index in [9.17, 15) is 9.90 Å². The number of ketones is 1. The lowest BCUT2D eigenvalue weighted by Gasteiger charge is -2.33. The summed E-state index contributed by atoms with van der Waals surface area (Å²) in [5.41, 5.74) is 1.24. The summed E-state index contributed by atoms with van der Waals surface area (Å²) in [6.07, 6.45) is 11.4. The molecular weight excluding hydrogens is 440 g/mol. The van der Waals surface area contributed by atoms with Gasteiger partial charge in [-0.1, -0.05) is 39.2 Å². The van der Waals surface area contributed by atoms with Crippen molar-refractivity contribution < 1.29 is 19.4 Å². The Balaban J connectivity index is 1.51. The molecule has 2 heterocycles. The van der Waals surface area contributed by atoms with E-state index in [0.717, 1.165) is 88.9 Å². The molecule has 198 valence electrons. The van der Waals surface area contributed by atoms with Crippen molar-refractivity contribution in [3.63, 3.8) is 0 Å². The first-order valence-corrected chi connectivity index (χ1v) is 14.2. The molecule has 2 unspecified atom stereocenters. The molecule has 1 fully saturated rings. The van der Waals surface area contributed by atoms with E-state index >= 15 is 0 Å². The quantitative estimate of drug-likeness (QED) is 0.225. The summed E-state index contributed by atoms with van der Waals surface area (Å²) in [5.74, 6) is 2.35. The van der Waals surface area contributed by atoms with Crippen molar-refractivity contribution in [1.82, 2.24) is 10.2 Å². The summed E-state index contributed by atoms with van der Waals surface area (Å²) in [6, 6.07) is 6.50. The average molecular weight is 489 g/mol. The predicted octanol–water partition coefficient (Wildman–Crippen LogP) is 5.42. The highest BCUT2D eigenvalue weighted by Crippen LogP contribution is 2.35. The summed E-state index contributed by atoms with van der Waals surface area (Å²) in [7, 11) is 0. The van der Waals surface area contributed by atoms with Crippen LogP contribution in [0.4, 0.5) is 0 Å². The number of fused-ring (bicyclic) bond motifs is 1. The van der Waals surface area contributed by atoms with E-state index in [0.29, 0.717) is 25.4 Å². The standard InChI is InChI=1S/C29H48N2O4/c1-3-5-12-24(32)13-8-6-7-9-14-29(33)30-26(22-31-17-10-11-18-31)25(4-2)23-15-16-27-28(21-23)35-20-19-34-27/h15-16,21,25-26,29-30,33H,3-14,17-20,22H2,1-2H3/t25?,26-,29?/m1/s1. The van der Waals surface area contributed by atoms with Crippen molar-refractivity contribution in [2.75, 3.05) is 32.8 Å². The van der Waals surface area contributed by atoms with Gasteiger partial charge < -0.3 is 19.5 Å². The Morgan fingerprint density at radius 1 is 1.00 bits per heavy atom. The highest BCUT2D eigenvalue weighted by molar-refractivity contribution is 5.78. The SMILES string of the molecule is CCCCC(=O)CCCCCCC(O)N[C@H](CN1CCCC1)C(CC)c1ccc2c(c1)OCCO2. The number of ether oxygens (including phenoxy) is 2. The van der Waals surface area contributed by atoms with Gasteiger partial charge >= 0.3 is 0 Å². The van der Waals surface area contributed by atoms with Crippen molar-refractivity contribution >= 4 is 5.78 Å². The second-order valence-electron chi connectivity index (χ2n) is 10.3. The van der Waals surface area contributed by atoms with Crippen LogP contribution in [0.5, 0.6) is 11.5 Å². The zero-order chi connectivity index (χ0) is 24.9. The number of rotatable bonds is 17. The zero-order valence-electron chi connectivity index (χ0n) is 22.1. The van der Waals surface area contributed by atoms with Crippen LogP contribution in [0.3, 0.4) is 0 Å². The summed E-state index contributed by atoms with van der Waals surface area (Å²) in [5, 5.41) is 14.5. The molecule has 0 saturated carbocycles. The molecule has 35 heavy (non-hydrogen) atoms. The van der Waals surface area contributed by atoms with Crippen molar-refractivity contribution in [1.29, 1.82) is 0 Å². The number of aliphatic hydroxyl groups excluding tert-OH is 1. The molecule has 6 heteroatoms. The summed E-state index contributed by atoms with van der Waals surface area (Å²) in [4.78, 5) is 14.4. The van der Waals surface area contributed by atoms with Crippen molar-refractivity contribution in [3.05, 3.63) is 23.8 Å². The fraction of sp³-hybridized carbons (Fsp3) is 0.759. The van der Waals surface area contributed by atoms with Crippen LogP contribution < -0.4 is 14.8 Å². The molecule has 0 aromatic heterocycles. The third kappa shape index (κ3) is 9.40. The second-order valence-corrected chi connectivity index (χ2v) is 10.3. The highest BCUT2D eigenvalue weighted by Gasteiger charge is 2.28. The van der Waals surface area contributed by atoms with Crippen molar-refractivity contribution in [2.45, 2.75) is 109 Å². The Kier molecular flexibility index (Phi) is 12.4. The average Bonchev–Trinajstić information content (AvgIpc) is 3.38. The van der Waals surface area contributed by atoms with Crippen LogP contribution in [0.15, 0.2) is 18.2 Å². The van der Waals surface area contributed by atoms with E-state index in [4.69, 9.17) is 9.47 Å². The van der Waals surface area contributed by atoms with Gasteiger partial charge in [-0.25, -0.2) is 0 Å². The van der Waals surface area contributed by atoms with Gasteiger partial charge in [0.1, 0.15) is 25.2 Å². The number of Topliss-reactive ketones (excluding diaryl/α,β-unsaturated/α-hetero) is 1. The molecule has 3 atom stereocenters. The number of carbonyl (C=O) groups excluding carboxylic acids is 1. The number of hydrogen-bond donors (Lipinski definition) is 2. The lowest BCUT2D eigenvalue weighted by molar-refractivity contribution is -0.119. The van der Waals surface area contributed by atoms with Gasteiger partial charge in [0.15, 0.2) is 11.5 Å². The van der Waals surface area contributed by atoms with Crippen LogP contribution in [-0.2, 0) is 4.79 Å². The molecule has 0 amide bonds. The van der Waals surface area contributed by atoms with E-state index in [1.807, 2.05) is 6.07 Å². The lowest BCUT2D eigenvalue weighted by atomic mass is 9.88. The normalized spacial score (nSPS) is 18.4. The van der Waals surface area contributed by atoms with Crippen LogP contribution in [0.1, 0.15) is 102 Å². The first-order chi connectivity index (χ1) is 17.1. The van der Waals surface area contributed by atoms with Crippen molar-refractivity contribution in [3.8, 4) is 11.5 Å². The minimum absolute atomic E-state index is 0.173. The first kappa shape index (κ1) is 27.9. The van der Waals surface area contributed by atoms with Crippen LogP contribution in [0, 0.1) is 0 Å². The molecule has 2 aliphatic rings. The third-order valence-electron chi connectivity index (χ3n) is 7.47.